The molecule has 1 aromatic heterocycles. The maximum atomic E-state index is 10.8. The average molecular weight is 210 g/mol. The molecule has 0 saturated heterocycles. The van der Waals surface area contributed by atoms with E-state index in [-0.39, 0.29) is 11.3 Å². The van der Waals surface area contributed by atoms with Crippen LogP contribution in [0.15, 0.2) is 35.0 Å². The summed E-state index contributed by atoms with van der Waals surface area (Å²) >= 11 is 0. The van der Waals surface area contributed by atoms with Gasteiger partial charge in [-0.15, -0.1) is 0 Å². The minimum absolute atomic E-state index is 0.234. The molecule has 80 valence electrons. The van der Waals surface area contributed by atoms with Gasteiger partial charge in [-0.25, -0.2) is 4.79 Å². The smallest absolute Gasteiger partial charge is 0.335 e. The molecule has 1 aromatic rings. The topological polar surface area (TPSA) is 76.7 Å². The summed E-state index contributed by atoms with van der Waals surface area (Å²) in [4.78, 5) is 21.5. The van der Waals surface area contributed by atoms with Crippen LogP contribution in [0.3, 0.4) is 0 Å². The van der Waals surface area contributed by atoms with Gasteiger partial charge in [0.05, 0.1) is 11.8 Å². The molecule has 15 heavy (non-hydrogen) atoms. The lowest BCUT2D eigenvalue weighted by Crippen LogP contribution is -2.15. The van der Waals surface area contributed by atoms with E-state index in [1.54, 1.807) is 6.07 Å². The summed E-state index contributed by atoms with van der Waals surface area (Å²) in [5.41, 5.74) is -0.250. The Balaban J connectivity index is 2.93. The number of hydrogen-bond donors (Lipinski definition) is 1. The number of ether oxygens (including phenoxy) is 1. The van der Waals surface area contributed by atoms with Crippen molar-refractivity contribution in [2.24, 2.45) is 0 Å². The van der Waals surface area contributed by atoms with E-state index in [1.165, 1.54) is 19.3 Å². The van der Waals surface area contributed by atoms with Crippen molar-refractivity contribution in [1.82, 2.24) is 0 Å². The molecular formula is C10H10O5. The van der Waals surface area contributed by atoms with E-state index in [0.717, 1.165) is 0 Å². The Bertz CT molecular complexity index is 377. The van der Waals surface area contributed by atoms with Gasteiger partial charge >= 0.3 is 11.9 Å². The summed E-state index contributed by atoms with van der Waals surface area (Å²) in [5, 5.41) is 8.73. The maximum absolute atomic E-state index is 10.8. The number of hydrogen-bond acceptors (Lipinski definition) is 4. The normalized spacial score (nSPS) is 11.8. The van der Waals surface area contributed by atoms with Gasteiger partial charge in [0.15, 0.2) is 6.10 Å². The van der Waals surface area contributed by atoms with E-state index in [4.69, 9.17) is 14.3 Å². The molecule has 1 N–H and O–H groups in total. The summed E-state index contributed by atoms with van der Waals surface area (Å²) < 4.78 is 9.77. The summed E-state index contributed by atoms with van der Waals surface area (Å²) in [6.45, 7) is 4.51. The van der Waals surface area contributed by atoms with Crippen LogP contribution in [0.1, 0.15) is 18.8 Å². The van der Waals surface area contributed by atoms with E-state index >= 15 is 0 Å². The number of carbonyl (C=O) groups is 2. The Morgan fingerprint density at radius 2 is 2.27 bits per heavy atom. The molecule has 0 aromatic carbocycles. The van der Waals surface area contributed by atoms with Gasteiger partial charge in [0.1, 0.15) is 5.76 Å². The number of carboxylic acids is 1. The predicted octanol–water partition coefficient (Wildman–Crippen LogP) is 1.52. The lowest BCUT2D eigenvalue weighted by molar-refractivity contribution is -0.147. The van der Waals surface area contributed by atoms with Crippen LogP contribution in [0, 0.1) is 0 Å². The van der Waals surface area contributed by atoms with Crippen LogP contribution in [0.4, 0.5) is 0 Å². The van der Waals surface area contributed by atoms with E-state index < -0.39 is 18.0 Å². The van der Waals surface area contributed by atoms with Crippen molar-refractivity contribution in [2.75, 3.05) is 0 Å². The fourth-order valence-corrected chi connectivity index (χ4v) is 1.02. The van der Waals surface area contributed by atoms with Gasteiger partial charge in [-0.1, -0.05) is 6.58 Å². The predicted molar refractivity (Wildman–Crippen MR) is 50.0 cm³/mol. The third-order valence-corrected chi connectivity index (χ3v) is 1.68. The SMILES string of the molecule is C=C(C(=O)O)C(OC(C)=O)c1ccco1. The Kier molecular flexibility index (Phi) is 3.28. The van der Waals surface area contributed by atoms with Crippen molar-refractivity contribution in [3.05, 3.63) is 36.3 Å². The van der Waals surface area contributed by atoms with Gasteiger partial charge < -0.3 is 14.3 Å². The molecule has 1 atom stereocenters. The Morgan fingerprint density at radius 1 is 1.60 bits per heavy atom. The summed E-state index contributed by atoms with van der Waals surface area (Å²) in [5.74, 6) is -1.60. The van der Waals surface area contributed by atoms with Crippen molar-refractivity contribution < 1.29 is 23.8 Å². The summed E-state index contributed by atoms with van der Waals surface area (Å²) in [6.07, 6.45) is 0.288. The highest BCUT2D eigenvalue weighted by atomic mass is 16.6. The highest BCUT2D eigenvalue weighted by Gasteiger charge is 2.25. The first kappa shape index (κ1) is 11.0. The van der Waals surface area contributed by atoms with E-state index in [0.29, 0.717) is 0 Å². The largest absolute Gasteiger partial charge is 0.478 e. The van der Waals surface area contributed by atoms with E-state index in [1.807, 2.05) is 0 Å². The zero-order chi connectivity index (χ0) is 11.4. The first-order valence-electron chi connectivity index (χ1n) is 4.15. The summed E-state index contributed by atoms with van der Waals surface area (Å²) in [6, 6.07) is 3.09. The van der Waals surface area contributed by atoms with Gasteiger partial charge in [-0.2, -0.15) is 0 Å². The summed E-state index contributed by atoms with van der Waals surface area (Å²) in [7, 11) is 0. The zero-order valence-corrected chi connectivity index (χ0v) is 8.10. The average Bonchev–Trinajstić information content (AvgIpc) is 2.65. The molecule has 0 aliphatic rings. The van der Waals surface area contributed by atoms with E-state index in [9.17, 15) is 9.59 Å². The van der Waals surface area contributed by atoms with Crippen LogP contribution < -0.4 is 0 Å². The molecule has 1 rings (SSSR count). The molecule has 0 radical (unpaired) electrons. The second-order valence-corrected chi connectivity index (χ2v) is 2.84. The molecule has 5 heteroatoms. The van der Waals surface area contributed by atoms with Crippen molar-refractivity contribution in [3.8, 4) is 0 Å². The number of aliphatic carboxylic acids is 1. The molecule has 1 unspecified atom stereocenters. The minimum Gasteiger partial charge on any atom is -0.478 e. The van der Waals surface area contributed by atoms with Gasteiger partial charge in [-0.3, -0.25) is 4.79 Å². The quantitative estimate of drug-likeness (QED) is 0.602. The fraction of sp³-hybridized carbons (Fsp3) is 0.200. The van der Waals surface area contributed by atoms with E-state index in [2.05, 4.69) is 6.58 Å². The lowest BCUT2D eigenvalue weighted by Gasteiger charge is -2.14. The van der Waals surface area contributed by atoms with Crippen LogP contribution in [-0.4, -0.2) is 17.0 Å². The van der Waals surface area contributed by atoms with Crippen molar-refractivity contribution >= 4 is 11.9 Å². The standard InChI is InChI=1S/C10H10O5/c1-6(10(12)13)9(15-7(2)11)8-4-3-5-14-8/h3-5,9H,1H2,2H3,(H,12,13). The molecular weight excluding hydrogens is 200 g/mol. The number of esters is 1. The molecule has 0 spiro atoms. The van der Waals surface area contributed by atoms with Crippen molar-refractivity contribution in [1.29, 1.82) is 0 Å². The number of carbonyl (C=O) groups excluding carboxylic acids is 1. The molecule has 0 aliphatic carbocycles. The van der Waals surface area contributed by atoms with Crippen LogP contribution in [-0.2, 0) is 14.3 Å². The second-order valence-electron chi connectivity index (χ2n) is 2.84. The number of furan rings is 1. The fourth-order valence-electron chi connectivity index (χ4n) is 1.02. The molecule has 0 saturated carbocycles. The molecule has 0 fully saturated rings. The van der Waals surface area contributed by atoms with Crippen molar-refractivity contribution in [2.45, 2.75) is 13.0 Å². The Morgan fingerprint density at radius 3 is 2.67 bits per heavy atom. The molecule has 0 amide bonds. The third kappa shape index (κ3) is 2.70. The first-order valence-corrected chi connectivity index (χ1v) is 4.15. The molecule has 0 aliphatic heterocycles. The highest BCUT2D eigenvalue weighted by Crippen LogP contribution is 2.25. The zero-order valence-electron chi connectivity index (χ0n) is 8.10. The number of carboxylic acid groups (broad SMARTS) is 1. The number of rotatable bonds is 4. The molecule has 1 heterocycles. The van der Waals surface area contributed by atoms with Gasteiger partial charge in [0.25, 0.3) is 0 Å². The third-order valence-electron chi connectivity index (χ3n) is 1.68. The lowest BCUT2D eigenvalue weighted by atomic mass is 10.1. The van der Waals surface area contributed by atoms with Crippen LogP contribution in [0.2, 0.25) is 0 Å². The monoisotopic (exact) mass is 210 g/mol. The second kappa shape index (κ2) is 4.45. The van der Waals surface area contributed by atoms with Crippen LogP contribution >= 0.6 is 0 Å². The van der Waals surface area contributed by atoms with Gasteiger partial charge in [0.2, 0.25) is 0 Å². The van der Waals surface area contributed by atoms with Crippen LogP contribution in [0.25, 0.3) is 0 Å². The van der Waals surface area contributed by atoms with Gasteiger partial charge in [0, 0.05) is 6.92 Å². The van der Waals surface area contributed by atoms with Crippen LogP contribution in [0.5, 0.6) is 0 Å². The minimum atomic E-state index is -1.24. The van der Waals surface area contributed by atoms with Gasteiger partial charge in [-0.05, 0) is 12.1 Å². The Hall–Kier alpha value is -2.04. The van der Waals surface area contributed by atoms with Crippen molar-refractivity contribution in [3.63, 3.8) is 0 Å². The first-order chi connectivity index (χ1) is 7.02. The highest BCUT2D eigenvalue weighted by molar-refractivity contribution is 5.87. The molecule has 0 bridgehead atoms. The molecule has 5 nitrogen and oxygen atoms in total. The Labute approximate surface area is 86.0 Å². The maximum Gasteiger partial charge on any atom is 0.335 e.